The van der Waals surface area contributed by atoms with Gasteiger partial charge in [-0.05, 0) is 43.9 Å². The topological polar surface area (TPSA) is 55.1 Å². The van der Waals surface area contributed by atoms with Gasteiger partial charge >= 0.3 is 0 Å². The predicted octanol–water partition coefficient (Wildman–Crippen LogP) is 2.20. The molecule has 0 spiro atoms. The number of carbonyl (C=O) groups is 1. The van der Waals surface area contributed by atoms with Crippen LogP contribution in [0.15, 0.2) is 0 Å². The summed E-state index contributed by atoms with van der Waals surface area (Å²) in [6, 6.07) is 0.514. The van der Waals surface area contributed by atoms with Crippen molar-refractivity contribution in [3.05, 3.63) is 0 Å². The summed E-state index contributed by atoms with van der Waals surface area (Å²) < 4.78 is 0. The van der Waals surface area contributed by atoms with E-state index < -0.39 is 5.54 Å². The molecule has 0 aromatic carbocycles. The number of nitrogens with one attached hydrogen (secondary N) is 1. The maximum Gasteiger partial charge on any atom is 0.237 e. The van der Waals surface area contributed by atoms with Crippen LogP contribution in [0.2, 0.25) is 0 Å². The van der Waals surface area contributed by atoms with Crippen LogP contribution in [0, 0.1) is 11.8 Å². The molecule has 3 nitrogen and oxygen atoms in total. The van der Waals surface area contributed by atoms with Crippen molar-refractivity contribution in [1.82, 2.24) is 5.32 Å². The van der Waals surface area contributed by atoms with Crippen LogP contribution in [0.4, 0.5) is 0 Å². The van der Waals surface area contributed by atoms with E-state index >= 15 is 0 Å². The van der Waals surface area contributed by atoms with Crippen molar-refractivity contribution in [1.29, 1.82) is 0 Å². The molecular weight excluding hydrogens is 212 g/mol. The molecule has 98 valence electrons. The Balaban J connectivity index is 2.10. The minimum atomic E-state index is -0.425. The average Bonchev–Trinajstić information content (AvgIpc) is 2.68. The van der Waals surface area contributed by atoms with Crippen LogP contribution in [-0.4, -0.2) is 17.5 Å². The Morgan fingerprint density at radius 2 is 1.71 bits per heavy atom. The van der Waals surface area contributed by atoms with Gasteiger partial charge in [0.05, 0.1) is 5.54 Å². The highest BCUT2D eigenvalue weighted by Gasteiger charge is 2.44. The Kier molecular flexibility index (Phi) is 3.76. The van der Waals surface area contributed by atoms with Gasteiger partial charge in [-0.1, -0.05) is 26.7 Å². The molecule has 0 bridgehead atoms. The molecule has 3 heteroatoms. The first-order valence-corrected chi connectivity index (χ1v) is 7.09. The van der Waals surface area contributed by atoms with Gasteiger partial charge in [0.1, 0.15) is 0 Å². The molecule has 1 amide bonds. The molecule has 2 fully saturated rings. The number of hydrogen-bond acceptors (Lipinski definition) is 2. The molecule has 2 saturated carbocycles. The Hall–Kier alpha value is -0.570. The second-order valence-electron chi connectivity index (χ2n) is 6.43. The summed E-state index contributed by atoms with van der Waals surface area (Å²) in [7, 11) is 0. The monoisotopic (exact) mass is 238 g/mol. The van der Waals surface area contributed by atoms with Crippen LogP contribution < -0.4 is 11.1 Å². The molecule has 0 aromatic heterocycles. The molecule has 0 aliphatic heterocycles. The SMILES string of the molecule is CC1CC(C)CC(NC2CCCC2)(C(N)=O)C1. The predicted molar refractivity (Wildman–Crippen MR) is 69.5 cm³/mol. The largest absolute Gasteiger partial charge is 0.368 e. The van der Waals surface area contributed by atoms with E-state index in [1.807, 2.05) is 0 Å². The quantitative estimate of drug-likeness (QED) is 0.792. The Labute approximate surface area is 105 Å². The van der Waals surface area contributed by atoms with E-state index in [1.54, 1.807) is 0 Å². The number of rotatable bonds is 3. The zero-order valence-electron chi connectivity index (χ0n) is 11.2. The van der Waals surface area contributed by atoms with Gasteiger partial charge in [-0.3, -0.25) is 4.79 Å². The normalized spacial score (nSPS) is 39.4. The van der Waals surface area contributed by atoms with Crippen LogP contribution >= 0.6 is 0 Å². The summed E-state index contributed by atoms with van der Waals surface area (Å²) >= 11 is 0. The van der Waals surface area contributed by atoms with Crippen molar-refractivity contribution in [3.63, 3.8) is 0 Å². The third-order valence-corrected chi connectivity index (χ3v) is 4.51. The fourth-order valence-electron chi connectivity index (χ4n) is 3.98. The van der Waals surface area contributed by atoms with Gasteiger partial charge in [-0.15, -0.1) is 0 Å². The second-order valence-corrected chi connectivity index (χ2v) is 6.43. The van der Waals surface area contributed by atoms with E-state index in [0.29, 0.717) is 17.9 Å². The van der Waals surface area contributed by atoms with Gasteiger partial charge in [-0.2, -0.15) is 0 Å². The molecule has 0 aromatic rings. The first kappa shape index (κ1) is 12.9. The van der Waals surface area contributed by atoms with Crippen LogP contribution in [0.5, 0.6) is 0 Å². The van der Waals surface area contributed by atoms with Gasteiger partial charge in [0, 0.05) is 6.04 Å². The van der Waals surface area contributed by atoms with Gasteiger partial charge in [0.2, 0.25) is 5.91 Å². The number of primary amides is 1. The fourth-order valence-corrected chi connectivity index (χ4v) is 3.98. The van der Waals surface area contributed by atoms with Crippen LogP contribution in [0.25, 0.3) is 0 Å². The van der Waals surface area contributed by atoms with Gasteiger partial charge in [0.25, 0.3) is 0 Å². The highest BCUT2D eigenvalue weighted by atomic mass is 16.1. The molecule has 2 rings (SSSR count). The average molecular weight is 238 g/mol. The molecule has 2 aliphatic carbocycles. The van der Waals surface area contributed by atoms with E-state index in [-0.39, 0.29) is 5.91 Å². The zero-order valence-corrected chi connectivity index (χ0v) is 11.2. The molecule has 0 radical (unpaired) electrons. The standard InChI is InChI=1S/C14H26N2O/c1-10-7-11(2)9-14(8-10,13(15)17)16-12-5-3-4-6-12/h10-12,16H,3-9H2,1-2H3,(H2,15,17). The maximum absolute atomic E-state index is 11.9. The van der Waals surface area contributed by atoms with Crippen LogP contribution in [0.1, 0.15) is 58.8 Å². The third kappa shape index (κ3) is 2.82. The van der Waals surface area contributed by atoms with Gasteiger partial charge in [-0.25, -0.2) is 0 Å². The molecular formula is C14H26N2O. The lowest BCUT2D eigenvalue weighted by Gasteiger charge is -2.43. The van der Waals surface area contributed by atoms with E-state index in [0.717, 1.165) is 12.8 Å². The first-order valence-electron chi connectivity index (χ1n) is 7.09. The minimum Gasteiger partial charge on any atom is -0.368 e. The fraction of sp³-hybridized carbons (Fsp3) is 0.929. The van der Waals surface area contributed by atoms with E-state index in [2.05, 4.69) is 19.2 Å². The molecule has 0 heterocycles. The number of nitrogens with two attached hydrogens (primary N) is 1. The third-order valence-electron chi connectivity index (χ3n) is 4.51. The molecule has 17 heavy (non-hydrogen) atoms. The second kappa shape index (κ2) is 4.97. The van der Waals surface area contributed by atoms with Gasteiger partial charge in [0.15, 0.2) is 0 Å². The highest BCUT2D eigenvalue weighted by Crippen LogP contribution is 2.37. The van der Waals surface area contributed by atoms with Crippen molar-refractivity contribution < 1.29 is 4.79 Å². The number of carbonyl (C=O) groups excluding carboxylic acids is 1. The van der Waals surface area contributed by atoms with E-state index in [1.165, 1.54) is 32.1 Å². The Bertz CT molecular complexity index is 274. The zero-order chi connectivity index (χ0) is 12.5. The van der Waals surface area contributed by atoms with Crippen molar-refractivity contribution in [2.45, 2.75) is 70.4 Å². The number of hydrogen-bond donors (Lipinski definition) is 2. The molecule has 2 unspecified atom stereocenters. The summed E-state index contributed by atoms with van der Waals surface area (Å²) in [6.45, 7) is 4.48. The van der Waals surface area contributed by atoms with E-state index in [9.17, 15) is 4.79 Å². The molecule has 3 N–H and O–H groups in total. The summed E-state index contributed by atoms with van der Waals surface area (Å²) in [4.78, 5) is 11.9. The summed E-state index contributed by atoms with van der Waals surface area (Å²) in [5.74, 6) is 1.06. The van der Waals surface area contributed by atoms with Crippen LogP contribution in [0.3, 0.4) is 0 Å². The molecule has 2 aliphatic rings. The van der Waals surface area contributed by atoms with Gasteiger partial charge < -0.3 is 11.1 Å². The van der Waals surface area contributed by atoms with Crippen molar-refractivity contribution in [2.75, 3.05) is 0 Å². The first-order chi connectivity index (χ1) is 8.02. The number of amides is 1. The Morgan fingerprint density at radius 3 is 2.18 bits per heavy atom. The van der Waals surface area contributed by atoms with Crippen LogP contribution in [-0.2, 0) is 4.79 Å². The maximum atomic E-state index is 11.9. The summed E-state index contributed by atoms with van der Waals surface area (Å²) in [5.41, 5.74) is 5.28. The van der Waals surface area contributed by atoms with Crippen molar-refractivity contribution >= 4 is 5.91 Å². The lowest BCUT2D eigenvalue weighted by atomic mass is 9.71. The Morgan fingerprint density at radius 1 is 1.18 bits per heavy atom. The highest BCUT2D eigenvalue weighted by molar-refractivity contribution is 5.85. The smallest absolute Gasteiger partial charge is 0.237 e. The molecule has 2 atom stereocenters. The van der Waals surface area contributed by atoms with E-state index in [4.69, 9.17) is 5.73 Å². The van der Waals surface area contributed by atoms with Crippen molar-refractivity contribution in [2.24, 2.45) is 17.6 Å². The summed E-state index contributed by atoms with van der Waals surface area (Å²) in [6.07, 6.45) is 8.05. The lowest BCUT2D eigenvalue weighted by molar-refractivity contribution is -0.127. The lowest BCUT2D eigenvalue weighted by Crippen LogP contribution is -2.61. The minimum absolute atomic E-state index is 0.136. The summed E-state index contributed by atoms with van der Waals surface area (Å²) in [5, 5.41) is 3.62. The van der Waals surface area contributed by atoms with Crippen molar-refractivity contribution in [3.8, 4) is 0 Å². The molecule has 0 saturated heterocycles.